The zero-order valence-electron chi connectivity index (χ0n) is 10.1. The summed E-state index contributed by atoms with van der Waals surface area (Å²) >= 11 is 0. The molecule has 0 saturated carbocycles. The van der Waals surface area contributed by atoms with Crippen LogP contribution in [0.4, 0.5) is 0 Å². The van der Waals surface area contributed by atoms with Gasteiger partial charge in [-0.15, -0.1) is 0 Å². The fraction of sp³-hybridized carbons (Fsp3) is 0.357. The highest BCUT2D eigenvalue weighted by molar-refractivity contribution is 5.92. The monoisotopic (exact) mass is 202 g/mol. The molecular weight excluding hydrogens is 184 g/mol. The summed E-state index contributed by atoms with van der Waals surface area (Å²) in [5.74, 6) is 0.0898. The summed E-state index contributed by atoms with van der Waals surface area (Å²) in [5.41, 5.74) is 6.29. The van der Waals surface area contributed by atoms with Gasteiger partial charge in [0.15, 0.2) is 5.78 Å². The molecule has 0 atom stereocenters. The summed E-state index contributed by atoms with van der Waals surface area (Å²) in [6, 6.07) is 2.17. The van der Waals surface area contributed by atoms with Crippen molar-refractivity contribution in [3.05, 3.63) is 40.0 Å². The number of rotatable bonds is 2. The van der Waals surface area contributed by atoms with Crippen molar-refractivity contribution in [1.82, 2.24) is 0 Å². The highest BCUT2D eigenvalue weighted by Crippen LogP contribution is 2.22. The van der Waals surface area contributed by atoms with E-state index in [9.17, 15) is 4.79 Å². The van der Waals surface area contributed by atoms with Gasteiger partial charge in [-0.25, -0.2) is 0 Å². The van der Waals surface area contributed by atoms with E-state index >= 15 is 0 Å². The third-order valence-electron chi connectivity index (χ3n) is 2.90. The minimum atomic E-state index is 0.0898. The van der Waals surface area contributed by atoms with Crippen LogP contribution in [0.2, 0.25) is 0 Å². The quantitative estimate of drug-likeness (QED) is 0.670. The van der Waals surface area contributed by atoms with Crippen molar-refractivity contribution in [1.29, 1.82) is 0 Å². The molecule has 0 fully saturated rings. The average molecular weight is 202 g/mol. The summed E-state index contributed by atoms with van der Waals surface area (Å²) in [7, 11) is 0. The molecule has 0 heterocycles. The Balaban J connectivity index is 3.30. The lowest BCUT2D eigenvalue weighted by Crippen LogP contribution is -1.94. The van der Waals surface area contributed by atoms with E-state index in [-0.39, 0.29) is 5.78 Å². The standard InChI is InChI=1S/C14H18O/c1-9-8-10(2)14(7-6-11(3)15)13(5)12(9)4/h6-8H,1-5H3/b7-6+. The van der Waals surface area contributed by atoms with E-state index in [1.165, 1.54) is 27.8 Å². The summed E-state index contributed by atoms with van der Waals surface area (Å²) in [4.78, 5) is 10.9. The van der Waals surface area contributed by atoms with Crippen molar-refractivity contribution in [3.63, 3.8) is 0 Å². The van der Waals surface area contributed by atoms with E-state index in [4.69, 9.17) is 0 Å². The predicted molar refractivity (Wildman–Crippen MR) is 65.1 cm³/mol. The number of carbonyl (C=O) groups is 1. The van der Waals surface area contributed by atoms with Crippen LogP contribution in [0.25, 0.3) is 6.08 Å². The smallest absolute Gasteiger partial charge is 0.152 e. The molecule has 0 amide bonds. The largest absolute Gasteiger partial charge is 0.295 e. The molecule has 15 heavy (non-hydrogen) atoms. The van der Waals surface area contributed by atoms with Gasteiger partial charge in [-0.05, 0) is 68.5 Å². The molecular formula is C14H18O. The van der Waals surface area contributed by atoms with Crippen LogP contribution in [0.1, 0.15) is 34.7 Å². The molecule has 0 aliphatic heterocycles. The molecule has 1 heteroatoms. The second-order valence-electron chi connectivity index (χ2n) is 4.12. The van der Waals surface area contributed by atoms with Gasteiger partial charge in [-0.3, -0.25) is 4.79 Å². The Morgan fingerprint density at radius 1 is 1.07 bits per heavy atom. The maximum absolute atomic E-state index is 10.9. The van der Waals surface area contributed by atoms with Gasteiger partial charge in [-0.2, -0.15) is 0 Å². The number of hydrogen-bond donors (Lipinski definition) is 0. The molecule has 0 spiro atoms. The first-order valence-electron chi connectivity index (χ1n) is 5.19. The molecule has 1 rings (SSSR count). The lowest BCUT2D eigenvalue weighted by atomic mass is 9.94. The molecule has 1 aromatic carbocycles. The molecule has 0 N–H and O–H groups in total. The van der Waals surface area contributed by atoms with Crippen molar-refractivity contribution in [2.75, 3.05) is 0 Å². The molecule has 1 aromatic rings. The molecule has 0 aliphatic rings. The van der Waals surface area contributed by atoms with Crippen LogP contribution in [0.3, 0.4) is 0 Å². The molecule has 0 aliphatic carbocycles. The zero-order chi connectivity index (χ0) is 11.6. The first-order valence-corrected chi connectivity index (χ1v) is 5.19. The van der Waals surface area contributed by atoms with Crippen molar-refractivity contribution in [2.45, 2.75) is 34.6 Å². The number of hydrogen-bond acceptors (Lipinski definition) is 1. The molecule has 0 unspecified atom stereocenters. The van der Waals surface area contributed by atoms with E-state index in [0.717, 1.165) is 0 Å². The zero-order valence-corrected chi connectivity index (χ0v) is 10.1. The first kappa shape index (κ1) is 11.7. The molecule has 0 radical (unpaired) electrons. The van der Waals surface area contributed by atoms with Crippen LogP contribution in [0.5, 0.6) is 0 Å². The summed E-state index contributed by atoms with van der Waals surface area (Å²) in [5, 5.41) is 0. The maximum Gasteiger partial charge on any atom is 0.152 e. The first-order chi connectivity index (χ1) is 6.93. The Kier molecular flexibility index (Phi) is 3.46. The SMILES string of the molecule is CC(=O)/C=C/c1c(C)cc(C)c(C)c1C. The van der Waals surface area contributed by atoms with Crippen LogP contribution < -0.4 is 0 Å². The fourth-order valence-corrected chi connectivity index (χ4v) is 1.76. The van der Waals surface area contributed by atoms with Gasteiger partial charge in [0.05, 0.1) is 0 Å². The highest BCUT2D eigenvalue weighted by Gasteiger charge is 2.05. The van der Waals surface area contributed by atoms with Crippen LogP contribution >= 0.6 is 0 Å². The van der Waals surface area contributed by atoms with Gasteiger partial charge in [-0.1, -0.05) is 12.1 Å². The van der Waals surface area contributed by atoms with E-state index in [1.54, 1.807) is 13.0 Å². The minimum absolute atomic E-state index is 0.0898. The third-order valence-corrected chi connectivity index (χ3v) is 2.90. The second-order valence-corrected chi connectivity index (χ2v) is 4.12. The van der Waals surface area contributed by atoms with Gasteiger partial charge in [0.2, 0.25) is 0 Å². The molecule has 80 valence electrons. The van der Waals surface area contributed by atoms with Gasteiger partial charge in [0.1, 0.15) is 0 Å². The maximum atomic E-state index is 10.9. The number of benzene rings is 1. The predicted octanol–water partition coefficient (Wildman–Crippen LogP) is 3.52. The number of aryl methyl sites for hydroxylation is 2. The topological polar surface area (TPSA) is 17.1 Å². The van der Waals surface area contributed by atoms with Crippen LogP contribution in [-0.4, -0.2) is 5.78 Å². The molecule has 0 bridgehead atoms. The molecule has 1 nitrogen and oxygen atoms in total. The lowest BCUT2D eigenvalue weighted by molar-refractivity contribution is -0.112. The van der Waals surface area contributed by atoms with Gasteiger partial charge < -0.3 is 0 Å². The minimum Gasteiger partial charge on any atom is -0.295 e. The Hall–Kier alpha value is -1.37. The Morgan fingerprint density at radius 3 is 2.20 bits per heavy atom. The van der Waals surface area contributed by atoms with Crippen LogP contribution in [-0.2, 0) is 4.79 Å². The van der Waals surface area contributed by atoms with Gasteiger partial charge in [0, 0.05) is 0 Å². The summed E-state index contributed by atoms with van der Waals surface area (Å²) < 4.78 is 0. The number of carbonyl (C=O) groups excluding carboxylic acids is 1. The van der Waals surface area contributed by atoms with Crippen molar-refractivity contribution < 1.29 is 4.79 Å². The third kappa shape index (κ3) is 2.56. The Bertz CT molecular complexity index is 425. The van der Waals surface area contributed by atoms with Crippen LogP contribution in [0.15, 0.2) is 12.1 Å². The van der Waals surface area contributed by atoms with Crippen molar-refractivity contribution in [2.24, 2.45) is 0 Å². The fourth-order valence-electron chi connectivity index (χ4n) is 1.76. The van der Waals surface area contributed by atoms with E-state index < -0.39 is 0 Å². The summed E-state index contributed by atoms with van der Waals surface area (Å²) in [6.07, 6.45) is 3.55. The summed E-state index contributed by atoms with van der Waals surface area (Å²) in [6.45, 7) is 10.00. The number of ketones is 1. The highest BCUT2D eigenvalue weighted by atomic mass is 16.1. The average Bonchev–Trinajstić information content (AvgIpc) is 2.14. The van der Waals surface area contributed by atoms with Crippen molar-refractivity contribution >= 4 is 11.9 Å². The Labute approximate surface area is 91.8 Å². The van der Waals surface area contributed by atoms with Gasteiger partial charge >= 0.3 is 0 Å². The molecule has 0 aromatic heterocycles. The lowest BCUT2D eigenvalue weighted by Gasteiger charge is -2.11. The van der Waals surface area contributed by atoms with Crippen molar-refractivity contribution in [3.8, 4) is 0 Å². The van der Waals surface area contributed by atoms with E-state index in [0.29, 0.717) is 0 Å². The van der Waals surface area contributed by atoms with E-state index in [1.807, 2.05) is 6.08 Å². The van der Waals surface area contributed by atoms with Crippen LogP contribution in [0, 0.1) is 27.7 Å². The normalized spacial score (nSPS) is 11.0. The second kappa shape index (κ2) is 4.43. The van der Waals surface area contributed by atoms with E-state index in [2.05, 4.69) is 33.8 Å². The number of allylic oxidation sites excluding steroid dienone is 1. The molecule has 0 saturated heterocycles. The van der Waals surface area contributed by atoms with Gasteiger partial charge in [0.25, 0.3) is 0 Å². The Morgan fingerprint density at radius 2 is 1.67 bits per heavy atom.